The Kier molecular flexibility index (Phi) is 5.76. The zero-order valence-corrected chi connectivity index (χ0v) is 12.1. The maximum Gasteiger partial charge on any atom is 0.227 e. The van der Waals surface area contributed by atoms with Gasteiger partial charge in [0.2, 0.25) is 5.91 Å². The molecule has 0 spiro atoms. The van der Waals surface area contributed by atoms with Gasteiger partial charge in [0.1, 0.15) is 5.75 Å². The van der Waals surface area contributed by atoms with Crippen molar-refractivity contribution in [2.24, 2.45) is 11.7 Å². The van der Waals surface area contributed by atoms with Crippen molar-refractivity contribution in [3.05, 3.63) is 29.8 Å². The van der Waals surface area contributed by atoms with E-state index in [1.807, 2.05) is 19.9 Å². The summed E-state index contributed by atoms with van der Waals surface area (Å²) in [6.45, 7) is 4.98. The molecule has 1 aromatic rings. The number of carbonyl (C=O) groups is 1. The highest BCUT2D eigenvalue weighted by molar-refractivity contribution is 7.80. The van der Waals surface area contributed by atoms with Crippen LogP contribution < -0.4 is 5.73 Å². The smallest absolute Gasteiger partial charge is 0.227 e. The van der Waals surface area contributed by atoms with Gasteiger partial charge < -0.3 is 15.7 Å². The third-order valence-corrected chi connectivity index (χ3v) is 3.38. The monoisotopic (exact) mass is 280 g/mol. The first-order valence-corrected chi connectivity index (χ1v) is 6.69. The molecular weight excluding hydrogens is 260 g/mol. The number of benzene rings is 1. The summed E-state index contributed by atoms with van der Waals surface area (Å²) in [5, 5.41) is 9.38. The molecule has 0 fully saturated rings. The van der Waals surface area contributed by atoms with E-state index in [1.54, 1.807) is 23.1 Å². The van der Waals surface area contributed by atoms with Crippen molar-refractivity contribution in [2.75, 3.05) is 13.1 Å². The molecule has 0 bridgehead atoms. The molecule has 0 aliphatic heterocycles. The number of hydrogen-bond donors (Lipinski definition) is 2. The largest absolute Gasteiger partial charge is 0.508 e. The summed E-state index contributed by atoms with van der Waals surface area (Å²) in [7, 11) is 0. The second-order valence-electron chi connectivity index (χ2n) is 4.58. The first-order chi connectivity index (χ1) is 8.93. The van der Waals surface area contributed by atoms with E-state index < -0.39 is 0 Å². The van der Waals surface area contributed by atoms with Crippen LogP contribution in [-0.2, 0) is 11.2 Å². The molecule has 0 aromatic heterocycles. The van der Waals surface area contributed by atoms with Gasteiger partial charge in [-0.2, -0.15) is 0 Å². The second-order valence-corrected chi connectivity index (χ2v) is 5.05. The maximum atomic E-state index is 12.2. The minimum Gasteiger partial charge on any atom is -0.508 e. The maximum absolute atomic E-state index is 12.2. The molecule has 5 heteroatoms. The molecule has 0 aliphatic carbocycles. The lowest BCUT2D eigenvalue weighted by Gasteiger charge is -2.24. The normalized spacial score (nSPS) is 11.9. The summed E-state index contributed by atoms with van der Waals surface area (Å²) in [5.41, 5.74) is 6.37. The third kappa shape index (κ3) is 4.87. The molecule has 1 rings (SSSR count). The Labute approximate surface area is 119 Å². The van der Waals surface area contributed by atoms with Crippen molar-refractivity contribution in [1.82, 2.24) is 4.90 Å². The molecule has 19 heavy (non-hydrogen) atoms. The summed E-state index contributed by atoms with van der Waals surface area (Å²) >= 11 is 4.92. The van der Waals surface area contributed by atoms with Crippen LogP contribution >= 0.6 is 12.2 Å². The summed E-state index contributed by atoms with van der Waals surface area (Å²) in [4.78, 5) is 14.3. The average molecular weight is 280 g/mol. The summed E-state index contributed by atoms with van der Waals surface area (Å²) < 4.78 is 0. The highest BCUT2D eigenvalue weighted by Crippen LogP contribution is 2.12. The number of nitrogens with zero attached hydrogens (tertiary/aromatic N) is 1. The Hall–Kier alpha value is -1.62. The molecule has 0 saturated carbocycles. The Balaban J connectivity index is 2.66. The van der Waals surface area contributed by atoms with Crippen molar-refractivity contribution >= 4 is 23.1 Å². The number of likely N-dealkylation sites (N-methyl/N-ethyl adjacent to an activating group) is 1. The number of nitrogens with two attached hydrogens (primary N) is 1. The number of aromatic hydroxyl groups is 1. The van der Waals surface area contributed by atoms with Gasteiger partial charge in [-0.1, -0.05) is 31.3 Å². The SMILES string of the molecule is CCN(CC(C)C(N)=S)C(=O)Cc1cccc(O)c1. The van der Waals surface area contributed by atoms with E-state index in [-0.39, 0.29) is 24.0 Å². The van der Waals surface area contributed by atoms with Crippen LogP contribution in [0.4, 0.5) is 0 Å². The van der Waals surface area contributed by atoms with Crippen molar-refractivity contribution < 1.29 is 9.90 Å². The average Bonchev–Trinajstić information content (AvgIpc) is 2.35. The van der Waals surface area contributed by atoms with Crippen molar-refractivity contribution in [1.29, 1.82) is 0 Å². The van der Waals surface area contributed by atoms with Gasteiger partial charge in [0.05, 0.1) is 11.4 Å². The highest BCUT2D eigenvalue weighted by Gasteiger charge is 2.16. The van der Waals surface area contributed by atoms with Crippen molar-refractivity contribution in [3.8, 4) is 5.75 Å². The number of thiocarbonyl (C=S) groups is 1. The van der Waals surface area contributed by atoms with E-state index in [0.717, 1.165) is 5.56 Å². The van der Waals surface area contributed by atoms with E-state index in [1.165, 1.54) is 0 Å². The van der Waals surface area contributed by atoms with Crippen LogP contribution in [0.5, 0.6) is 5.75 Å². The number of hydrogen-bond acceptors (Lipinski definition) is 3. The fraction of sp³-hybridized carbons (Fsp3) is 0.429. The van der Waals surface area contributed by atoms with Gasteiger partial charge in [-0.25, -0.2) is 0 Å². The molecule has 1 aromatic carbocycles. The summed E-state index contributed by atoms with van der Waals surface area (Å²) in [5.74, 6) is 0.184. The Morgan fingerprint density at radius 2 is 2.21 bits per heavy atom. The van der Waals surface area contributed by atoms with E-state index in [0.29, 0.717) is 18.1 Å². The lowest BCUT2D eigenvalue weighted by atomic mass is 10.1. The molecule has 3 N–H and O–H groups in total. The lowest BCUT2D eigenvalue weighted by molar-refractivity contribution is -0.130. The molecule has 1 unspecified atom stereocenters. The zero-order valence-electron chi connectivity index (χ0n) is 11.3. The van der Waals surface area contributed by atoms with Gasteiger partial charge >= 0.3 is 0 Å². The second kappa shape index (κ2) is 7.09. The van der Waals surface area contributed by atoms with Crippen LogP contribution in [-0.4, -0.2) is 34.0 Å². The lowest BCUT2D eigenvalue weighted by Crippen LogP contribution is -2.38. The summed E-state index contributed by atoms with van der Waals surface area (Å²) in [6, 6.07) is 6.73. The van der Waals surface area contributed by atoms with Gasteiger partial charge in [0.25, 0.3) is 0 Å². The number of carbonyl (C=O) groups excluding carboxylic acids is 1. The molecule has 0 aliphatic rings. The molecule has 0 radical (unpaired) electrons. The van der Waals surface area contributed by atoms with Gasteiger partial charge in [-0.15, -0.1) is 0 Å². The van der Waals surface area contributed by atoms with Crippen LogP contribution in [0, 0.1) is 5.92 Å². The van der Waals surface area contributed by atoms with Crippen molar-refractivity contribution in [2.45, 2.75) is 20.3 Å². The number of amides is 1. The van der Waals surface area contributed by atoms with Crippen LogP contribution in [0.15, 0.2) is 24.3 Å². The van der Waals surface area contributed by atoms with E-state index in [4.69, 9.17) is 18.0 Å². The zero-order chi connectivity index (χ0) is 14.4. The summed E-state index contributed by atoms with van der Waals surface area (Å²) in [6.07, 6.45) is 0.270. The Bertz CT molecular complexity index is 463. The number of phenols is 1. The fourth-order valence-corrected chi connectivity index (χ4v) is 1.86. The van der Waals surface area contributed by atoms with Crippen LogP contribution in [0.3, 0.4) is 0 Å². The van der Waals surface area contributed by atoms with Gasteiger partial charge in [0, 0.05) is 19.0 Å². The van der Waals surface area contributed by atoms with Crippen LogP contribution in [0.2, 0.25) is 0 Å². The Morgan fingerprint density at radius 1 is 1.53 bits per heavy atom. The van der Waals surface area contributed by atoms with Crippen LogP contribution in [0.1, 0.15) is 19.4 Å². The molecular formula is C14H20N2O2S. The third-order valence-electron chi connectivity index (χ3n) is 2.98. The van der Waals surface area contributed by atoms with E-state index in [2.05, 4.69) is 0 Å². The van der Waals surface area contributed by atoms with Gasteiger partial charge in [-0.3, -0.25) is 4.79 Å². The van der Waals surface area contributed by atoms with Gasteiger partial charge in [-0.05, 0) is 24.6 Å². The minimum atomic E-state index is 0.00285. The predicted molar refractivity (Wildman–Crippen MR) is 80.0 cm³/mol. The molecule has 4 nitrogen and oxygen atoms in total. The highest BCUT2D eigenvalue weighted by atomic mass is 32.1. The molecule has 0 heterocycles. The fourth-order valence-electron chi connectivity index (χ4n) is 1.78. The van der Waals surface area contributed by atoms with Gasteiger partial charge in [0.15, 0.2) is 0 Å². The predicted octanol–water partition coefficient (Wildman–Crippen LogP) is 1.71. The molecule has 104 valence electrons. The number of phenolic OH excluding ortho intramolecular Hbond substituents is 1. The molecule has 1 atom stereocenters. The topological polar surface area (TPSA) is 66.6 Å². The quantitative estimate of drug-likeness (QED) is 0.778. The minimum absolute atomic E-state index is 0.00285. The van der Waals surface area contributed by atoms with E-state index >= 15 is 0 Å². The van der Waals surface area contributed by atoms with Crippen molar-refractivity contribution in [3.63, 3.8) is 0 Å². The first kappa shape index (κ1) is 15.4. The van der Waals surface area contributed by atoms with E-state index in [9.17, 15) is 9.90 Å². The Morgan fingerprint density at radius 3 is 2.74 bits per heavy atom. The molecule has 0 saturated heterocycles. The van der Waals surface area contributed by atoms with Crippen LogP contribution in [0.25, 0.3) is 0 Å². The molecule has 1 amide bonds. The standard InChI is InChI=1S/C14H20N2O2S/c1-3-16(9-10(2)14(15)19)13(18)8-11-5-4-6-12(17)7-11/h4-7,10,17H,3,8-9H2,1-2H3,(H2,15,19). The first-order valence-electron chi connectivity index (χ1n) is 6.29. The number of rotatable bonds is 6.